The monoisotopic (exact) mass is 172 g/mol. The number of nitrogens with two attached hydrogens (primary N) is 1. The summed E-state index contributed by atoms with van der Waals surface area (Å²) in [7, 11) is 1.69. The van der Waals surface area contributed by atoms with E-state index in [0.717, 1.165) is 5.57 Å². The van der Waals surface area contributed by atoms with Crippen molar-refractivity contribution in [2.75, 3.05) is 7.11 Å². The Balaban J connectivity index is 4.33. The van der Waals surface area contributed by atoms with Gasteiger partial charge in [-0.15, -0.1) is 0 Å². The molecule has 0 saturated heterocycles. The topological polar surface area (TPSA) is 47.3 Å². The molecule has 12 heavy (non-hydrogen) atoms. The van der Waals surface area contributed by atoms with E-state index in [0.29, 0.717) is 5.92 Å². The average molecular weight is 172 g/mol. The number of hydrogen-bond donors (Lipinski definition) is 2. The van der Waals surface area contributed by atoms with Crippen molar-refractivity contribution in [2.45, 2.75) is 32.9 Å². The van der Waals surface area contributed by atoms with Gasteiger partial charge in [-0.2, -0.15) is 0 Å². The minimum Gasteiger partial charge on any atom is -0.379 e. The zero-order valence-electron chi connectivity index (χ0n) is 8.42. The molecule has 3 heteroatoms. The third-order valence-corrected chi connectivity index (χ3v) is 1.97. The highest BCUT2D eigenvalue weighted by Crippen LogP contribution is 2.14. The molecule has 72 valence electrons. The molecule has 0 amide bonds. The van der Waals surface area contributed by atoms with Crippen molar-refractivity contribution in [1.82, 2.24) is 5.43 Å². The van der Waals surface area contributed by atoms with Gasteiger partial charge in [-0.1, -0.05) is 26.0 Å². The van der Waals surface area contributed by atoms with Gasteiger partial charge in [-0.25, -0.2) is 0 Å². The third-order valence-electron chi connectivity index (χ3n) is 1.97. The largest absolute Gasteiger partial charge is 0.379 e. The molecule has 2 unspecified atom stereocenters. The number of hydrazine groups is 1. The van der Waals surface area contributed by atoms with Gasteiger partial charge in [-0.3, -0.25) is 11.3 Å². The zero-order chi connectivity index (χ0) is 9.72. The maximum Gasteiger partial charge on any atom is 0.0798 e. The normalized spacial score (nSPS) is 16.2. The highest BCUT2D eigenvalue weighted by molar-refractivity contribution is 5.05. The summed E-state index contributed by atoms with van der Waals surface area (Å²) in [6, 6.07) is 0.0370. The molecule has 0 aliphatic rings. The maximum absolute atomic E-state index is 5.40. The summed E-state index contributed by atoms with van der Waals surface area (Å²) in [6.45, 7) is 10.00. The number of rotatable bonds is 5. The van der Waals surface area contributed by atoms with Crippen molar-refractivity contribution in [3.05, 3.63) is 12.2 Å². The lowest BCUT2D eigenvalue weighted by Gasteiger charge is -2.28. The first-order valence-corrected chi connectivity index (χ1v) is 4.18. The van der Waals surface area contributed by atoms with Crippen LogP contribution in [0.1, 0.15) is 20.8 Å². The Labute approximate surface area is 74.9 Å². The van der Waals surface area contributed by atoms with E-state index >= 15 is 0 Å². The van der Waals surface area contributed by atoms with E-state index in [4.69, 9.17) is 10.6 Å². The summed E-state index contributed by atoms with van der Waals surface area (Å²) in [5.41, 5.74) is 3.71. The summed E-state index contributed by atoms with van der Waals surface area (Å²) in [5, 5.41) is 0. The van der Waals surface area contributed by atoms with E-state index in [1.165, 1.54) is 0 Å². The molecule has 0 fully saturated rings. The first kappa shape index (κ1) is 11.6. The fraction of sp³-hybridized carbons (Fsp3) is 0.778. The van der Waals surface area contributed by atoms with Gasteiger partial charge in [0.05, 0.1) is 12.1 Å². The van der Waals surface area contributed by atoms with Crippen LogP contribution in [0, 0.1) is 5.92 Å². The van der Waals surface area contributed by atoms with Crippen molar-refractivity contribution in [3.63, 3.8) is 0 Å². The van der Waals surface area contributed by atoms with Crippen LogP contribution in [0.2, 0.25) is 0 Å². The van der Waals surface area contributed by atoms with Crippen LogP contribution in [0.25, 0.3) is 0 Å². The smallest absolute Gasteiger partial charge is 0.0798 e. The summed E-state index contributed by atoms with van der Waals surface area (Å²) in [5.74, 6) is 5.82. The highest BCUT2D eigenvalue weighted by Gasteiger charge is 2.23. The average Bonchev–Trinajstić information content (AvgIpc) is 1.98. The van der Waals surface area contributed by atoms with Gasteiger partial charge in [0.2, 0.25) is 0 Å². The predicted molar refractivity (Wildman–Crippen MR) is 51.6 cm³/mol. The van der Waals surface area contributed by atoms with Crippen LogP contribution in [0.15, 0.2) is 12.2 Å². The van der Waals surface area contributed by atoms with Gasteiger partial charge in [0, 0.05) is 7.11 Å². The quantitative estimate of drug-likeness (QED) is 0.370. The van der Waals surface area contributed by atoms with Crippen molar-refractivity contribution < 1.29 is 4.74 Å². The SMILES string of the molecule is C=C(C)C(NN)C(OC)C(C)C. The van der Waals surface area contributed by atoms with E-state index in [1.54, 1.807) is 7.11 Å². The lowest BCUT2D eigenvalue weighted by atomic mass is 9.95. The lowest BCUT2D eigenvalue weighted by Crippen LogP contribution is -2.47. The molecule has 0 aromatic rings. The van der Waals surface area contributed by atoms with Gasteiger partial charge in [0.15, 0.2) is 0 Å². The molecule has 2 atom stereocenters. The third kappa shape index (κ3) is 2.93. The Morgan fingerprint density at radius 3 is 2.08 bits per heavy atom. The standard InChI is InChI=1S/C9H20N2O/c1-6(2)8(11-10)9(12-5)7(3)4/h7-9,11H,1,10H2,2-5H3. The van der Waals surface area contributed by atoms with Crippen LogP contribution >= 0.6 is 0 Å². The van der Waals surface area contributed by atoms with Crippen LogP contribution in [-0.4, -0.2) is 19.3 Å². The fourth-order valence-electron chi connectivity index (χ4n) is 1.31. The maximum atomic E-state index is 5.40. The molecule has 3 N–H and O–H groups in total. The molecule has 0 aliphatic carbocycles. The highest BCUT2D eigenvalue weighted by atomic mass is 16.5. The molecule has 0 aromatic heterocycles. The second-order valence-electron chi connectivity index (χ2n) is 3.44. The van der Waals surface area contributed by atoms with Gasteiger partial charge < -0.3 is 4.74 Å². The van der Waals surface area contributed by atoms with E-state index in [9.17, 15) is 0 Å². The summed E-state index contributed by atoms with van der Waals surface area (Å²) in [6.07, 6.45) is 0.0903. The van der Waals surface area contributed by atoms with Gasteiger partial charge >= 0.3 is 0 Å². The summed E-state index contributed by atoms with van der Waals surface area (Å²) in [4.78, 5) is 0. The van der Waals surface area contributed by atoms with E-state index < -0.39 is 0 Å². The molecular formula is C9H20N2O. The minimum atomic E-state index is 0.0370. The molecule has 0 radical (unpaired) electrons. The molecule has 0 aliphatic heterocycles. The summed E-state index contributed by atoms with van der Waals surface area (Å²) >= 11 is 0. The Morgan fingerprint density at radius 1 is 1.50 bits per heavy atom. The van der Waals surface area contributed by atoms with Gasteiger partial charge in [0.1, 0.15) is 0 Å². The van der Waals surface area contributed by atoms with Crippen LogP contribution in [-0.2, 0) is 4.74 Å². The number of methoxy groups -OCH3 is 1. The van der Waals surface area contributed by atoms with E-state index in [2.05, 4.69) is 25.9 Å². The Kier molecular flexibility index (Phi) is 5.13. The molecule has 0 spiro atoms. The van der Waals surface area contributed by atoms with Crippen molar-refractivity contribution >= 4 is 0 Å². The second kappa shape index (κ2) is 5.30. The molecular weight excluding hydrogens is 152 g/mol. The van der Waals surface area contributed by atoms with Gasteiger partial charge in [-0.05, 0) is 12.8 Å². The molecule has 0 aromatic carbocycles. The zero-order valence-corrected chi connectivity index (χ0v) is 8.42. The molecule has 0 saturated carbocycles. The van der Waals surface area contributed by atoms with Crippen LogP contribution in [0.5, 0.6) is 0 Å². The first-order chi connectivity index (χ1) is 5.54. The molecule has 0 rings (SSSR count). The lowest BCUT2D eigenvalue weighted by molar-refractivity contribution is 0.0431. The van der Waals surface area contributed by atoms with Crippen molar-refractivity contribution in [1.29, 1.82) is 0 Å². The van der Waals surface area contributed by atoms with Gasteiger partial charge in [0.25, 0.3) is 0 Å². The number of nitrogens with one attached hydrogen (secondary N) is 1. The Bertz CT molecular complexity index is 145. The number of ether oxygens (including phenoxy) is 1. The molecule has 0 bridgehead atoms. The van der Waals surface area contributed by atoms with Crippen molar-refractivity contribution in [2.24, 2.45) is 11.8 Å². The summed E-state index contributed by atoms with van der Waals surface area (Å²) < 4.78 is 5.32. The predicted octanol–water partition coefficient (Wildman–Crippen LogP) is 1.07. The second-order valence-corrected chi connectivity index (χ2v) is 3.44. The first-order valence-electron chi connectivity index (χ1n) is 4.18. The Morgan fingerprint density at radius 2 is 2.00 bits per heavy atom. The van der Waals surface area contributed by atoms with Crippen LogP contribution in [0.3, 0.4) is 0 Å². The molecule has 3 nitrogen and oxygen atoms in total. The van der Waals surface area contributed by atoms with Crippen LogP contribution in [0.4, 0.5) is 0 Å². The van der Waals surface area contributed by atoms with E-state index in [1.807, 2.05) is 6.92 Å². The molecule has 0 heterocycles. The van der Waals surface area contributed by atoms with E-state index in [-0.39, 0.29) is 12.1 Å². The Hall–Kier alpha value is -0.380. The number of hydrogen-bond acceptors (Lipinski definition) is 3. The van der Waals surface area contributed by atoms with Crippen molar-refractivity contribution in [3.8, 4) is 0 Å². The fourth-order valence-corrected chi connectivity index (χ4v) is 1.31. The van der Waals surface area contributed by atoms with Crippen LogP contribution < -0.4 is 11.3 Å². The minimum absolute atomic E-state index is 0.0370.